The van der Waals surface area contributed by atoms with Crippen molar-refractivity contribution >= 4 is 23.5 Å². The Balaban J connectivity index is 1.35. The molecule has 1 aliphatic heterocycles. The second-order valence-corrected chi connectivity index (χ2v) is 6.97. The van der Waals surface area contributed by atoms with Crippen molar-refractivity contribution in [2.75, 3.05) is 20.3 Å². The van der Waals surface area contributed by atoms with E-state index in [4.69, 9.17) is 9.47 Å². The molecule has 0 saturated heterocycles. The number of nitrogens with one attached hydrogen (secondary N) is 1. The van der Waals surface area contributed by atoms with Gasteiger partial charge in [0.25, 0.3) is 5.91 Å². The molecule has 8 heteroatoms. The average molecular weight is 423 g/mol. The maximum Gasteiger partial charge on any atom is 0.306 e. The molecule has 0 saturated carbocycles. The first-order valence-electron chi connectivity index (χ1n) is 10.0. The zero-order valence-electron chi connectivity index (χ0n) is 17.4. The molecule has 0 atom stereocenters. The van der Waals surface area contributed by atoms with E-state index in [2.05, 4.69) is 10.4 Å². The lowest BCUT2D eigenvalue weighted by atomic mass is 10.1. The summed E-state index contributed by atoms with van der Waals surface area (Å²) < 4.78 is 10.1. The predicted molar refractivity (Wildman–Crippen MR) is 114 cm³/mol. The molecular weight excluding hydrogens is 398 g/mol. The van der Waals surface area contributed by atoms with Crippen LogP contribution in [0.15, 0.2) is 59.7 Å². The second-order valence-electron chi connectivity index (χ2n) is 6.97. The van der Waals surface area contributed by atoms with Gasteiger partial charge in [0.2, 0.25) is 5.91 Å². The Kier molecular flexibility index (Phi) is 7.75. The number of rotatable bonds is 9. The van der Waals surface area contributed by atoms with Gasteiger partial charge in [-0.3, -0.25) is 14.4 Å². The van der Waals surface area contributed by atoms with E-state index in [1.54, 1.807) is 7.11 Å². The van der Waals surface area contributed by atoms with Crippen LogP contribution in [-0.4, -0.2) is 48.8 Å². The quantitative estimate of drug-likeness (QED) is 0.624. The fourth-order valence-electron chi connectivity index (χ4n) is 3.06. The summed E-state index contributed by atoms with van der Waals surface area (Å²) in [5.41, 5.74) is 2.70. The minimum Gasteiger partial charge on any atom is -0.497 e. The Morgan fingerprint density at radius 2 is 1.87 bits per heavy atom. The third-order valence-electron chi connectivity index (χ3n) is 4.73. The lowest BCUT2D eigenvalue weighted by Crippen LogP contribution is -2.29. The molecular formula is C23H25N3O5. The van der Waals surface area contributed by atoms with Gasteiger partial charge in [0.15, 0.2) is 6.61 Å². The van der Waals surface area contributed by atoms with E-state index in [0.717, 1.165) is 16.8 Å². The number of benzene rings is 2. The zero-order valence-corrected chi connectivity index (χ0v) is 17.4. The van der Waals surface area contributed by atoms with E-state index >= 15 is 0 Å². The molecule has 2 aromatic rings. The molecule has 3 rings (SSSR count). The highest BCUT2D eigenvalue weighted by Crippen LogP contribution is 2.15. The van der Waals surface area contributed by atoms with Crippen LogP contribution in [0.3, 0.4) is 0 Å². The Hall–Kier alpha value is -3.68. The zero-order chi connectivity index (χ0) is 22.1. The number of hydrogen-bond donors (Lipinski definition) is 1. The van der Waals surface area contributed by atoms with E-state index in [0.29, 0.717) is 25.3 Å². The molecule has 1 heterocycles. The van der Waals surface area contributed by atoms with Crippen molar-refractivity contribution in [2.45, 2.75) is 25.8 Å². The van der Waals surface area contributed by atoms with Crippen molar-refractivity contribution in [3.05, 3.63) is 65.7 Å². The summed E-state index contributed by atoms with van der Waals surface area (Å²) in [5.74, 6) is -0.568. The molecule has 2 amide bonds. The Bertz CT molecular complexity index is 959. The van der Waals surface area contributed by atoms with Crippen LogP contribution in [-0.2, 0) is 25.7 Å². The highest BCUT2D eigenvalue weighted by atomic mass is 16.5. The first-order chi connectivity index (χ1) is 15.0. The number of amides is 2. The number of carbonyl (C=O) groups is 3. The van der Waals surface area contributed by atoms with Gasteiger partial charge in [-0.05, 0) is 23.3 Å². The van der Waals surface area contributed by atoms with Crippen molar-refractivity contribution in [3.63, 3.8) is 0 Å². The van der Waals surface area contributed by atoms with Crippen LogP contribution in [0.5, 0.6) is 5.75 Å². The highest BCUT2D eigenvalue weighted by Gasteiger charge is 2.22. The van der Waals surface area contributed by atoms with Crippen LogP contribution >= 0.6 is 0 Å². The maximum atomic E-state index is 12.3. The number of ether oxygens (including phenoxy) is 2. The van der Waals surface area contributed by atoms with Crippen LogP contribution in [0.2, 0.25) is 0 Å². The van der Waals surface area contributed by atoms with Gasteiger partial charge in [0.05, 0.1) is 25.8 Å². The van der Waals surface area contributed by atoms with Crippen molar-refractivity contribution < 1.29 is 23.9 Å². The summed E-state index contributed by atoms with van der Waals surface area (Å²) in [6.07, 6.45) is 0.554. The highest BCUT2D eigenvalue weighted by molar-refractivity contribution is 6.02. The SMILES string of the molecule is COc1cccc(CNC(=O)COC(=O)CCC(=O)N2CCC(c3ccccc3)=N2)c1. The smallest absolute Gasteiger partial charge is 0.306 e. The summed E-state index contributed by atoms with van der Waals surface area (Å²) in [5, 5.41) is 8.41. The normalized spacial score (nSPS) is 12.8. The lowest BCUT2D eigenvalue weighted by Gasteiger charge is -2.11. The minimum atomic E-state index is -0.601. The van der Waals surface area contributed by atoms with Crippen molar-refractivity contribution in [3.8, 4) is 5.75 Å². The van der Waals surface area contributed by atoms with Crippen LogP contribution in [0, 0.1) is 0 Å². The van der Waals surface area contributed by atoms with Gasteiger partial charge in [-0.1, -0.05) is 42.5 Å². The molecule has 0 radical (unpaired) electrons. The van der Waals surface area contributed by atoms with Crippen molar-refractivity contribution in [1.82, 2.24) is 10.3 Å². The fraction of sp³-hybridized carbons (Fsp3) is 0.304. The van der Waals surface area contributed by atoms with Gasteiger partial charge in [0, 0.05) is 19.4 Å². The average Bonchev–Trinajstić information content (AvgIpc) is 3.31. The number of nitrogens with zero attached hydrogens (tertiary/aromatic N) is 2. The topological polar surface area (TPSA) is 97.3 Å². The fourth-order valence-corrected chi connectivity index (χ4v) is 3.06. The van der Waals surface area contributed by atoms with Crippen LogP contribution < -0.4 is 10.1 Å². The largest absolute Gasteiger partial charge is 0.497 e. The van der Waals surface area contributed by atoms with Gasteiger partial charge in [-0.2, -0.15) is 5.10 Å². The standard InChI is InChI=1S/C23H25N3O5/c1-30-19-9-5-6-17(14-19)15-24-21(27)16-31-23(29)11-10-22(28)26-13-12-20(25-26)18-7-3-2-4-8-18/h2-9,14H,10-13,15-16H2,1H3,(H,24,27). The Morgan fingerprint density at radius 3 is 2.65 bits per heavy atom. The molecule has 2 aromatic carbocycles. The first kappa shape index (κ1) is 22.0. The summed E-state index contributed by atoms with van der Waals surface area (Å²) in [6, 6.07) is 17.0. The summed E-state index contributed by atoms with van der Waals surface area (Å²) in [7, 11) is 1.57. The number of esters is 1. The number of methoxy groups -OCH3 is 1. The number of hydrogen-bond acceptors (Lipinski definition) is 6. The lowest BCUT2D eigenvalue weighted by molar-refractivity contribution is -0.150. The minimum absolute atomic E-state index is 0.0180. The summed E-state index contributed by atoms with van der Waals surface area (Å²) >= 11 is 0. The van der Waals surface area contributed by atoms with Gasteiger partial charge < -0.3 is 14.8 Å². The van der Waals surface area contributed by atoms with Crippen LogP contribution in [0.1, 0.15) is 30.4 Å². The van der Waals surface area contributed by atoms with Gasteiger partial charge >= 0.3 is 5.97 Å². The van der Waals surface area contributed by atoms with Crippen LogP contribution in [0.25, 0.3) is 0 Å². The molecule has 162 valence electrons. The maximum absolute atomic E-state index is 12.3. The van der Waals surface area contributed by atoms with E-state index in [1.165, 1.54) is 5.01 Å². The van der Waals surface area contributed by atoms with E-state index < -0.39 is 18.5 Å². The first-order valence-corrected chi connectivity index (χ1v) is 10.0. The molecule has 8 nitrogen and oxygen atoms in total. The van der Waals surface area contributed by atoms with Crippen molar-refractivity contribution in [2.24, 2.45) is 5.10 Å². The van der Waals surface area contributed by atoms with E-state index in [1.807, 2.05) is 54.6 Å². The summed E-state index contributed by atoms with van der Waals surface area (Å²) in [4.78, 5) is 36.1. The monoisotopic (exact) mass is 423 g/mol. The Morgan fingerprint density at radius 1 is 1.06 bits per heavy atom. The van der Waals surface area contributed by atoms with E-state index in [9.17, 15) is 14.4 Å². The second kappa shape index (κ2) is 10.9. The molecule has 0 fully saturated rings. The number of hydrazone groups is 1. The third kappa shape index (κ3) is 6.67. The third-order valence-corrected chi connectivity index (χ3v) is 4.73. The molecule has 0 aliphatic carbocycles. The van der Waals surface area contributed by atoms with Gasteiger partial charge in [-0.15, -0.1) is 0 Å². The number of carbonyl (C=O) groups excluding carboxylic acids is 3. The molecule has 1 aliphatic rings. The van der Waals surface area contributed by atoms with Gasteiger partial charge in [0.1, 0.15) is 5.75 Å². The van der Waals surface area contributed by atoms with E-state index in [-0.39, 0.29) is 18.7 Å². The molecule has 0 aromatic heterocycles. The molecule has 31 heavy (non-hydrogen) atoms. The Labute approximate surface area is 180 Å². The van der Waals surface area contributed by atoms with Gasteiger partial charge in [-0.25, -0.2) is 5.01 Å². The molecule has 1 N–H and O–H groups in total. The molecule has 0 bridgehead atoms. The van der Waals surface area contributed by atoms with Crippen molar-refractivity contribution in [1.29, 1.82) is 0 Å². The van der Waals surface area contributed by atoms with Crippen LogP contribution in [0.4, 0.5) is 0 Å². The predicted octanol–water partition coefficient (Wildman–Crippen LogP) is 2.27. The summed E-state index contributed by atoms with van der Waals surface area (Å²) in [6.45, 7) is 0.393. The molecule has 0 spiro atoms. The molecule has 0 unspecified atom stereocenters.